The molecule has 0 aliphatic heterocycles. The largest absolute Gasteiger partial charge is 0.456 e. The highest BCUT2D eigenvalue weighted by molar-refractivity contribution is 6.14. The molecule has 0 saturated heterocycles. The van der Waals surface area contributed by atoms with Crippen molar-refractivity contribution in [1.82, 2.24) is 0 Å². The molecule has 11 rings (SSSR count). The SMILES string of the molecule is c1ccc(-c2ccc(-c3ccc(N(c4cccc(-c5ccc(-c6cccc7ccccc67)cc5)c4)c4ccccc4-c4cccc5oc6ccccc6c45)cc3)cc2)cc1. The zero-order chi connectivity index (χ0) is 39.8. The van der Waals surface area contributed by atoms with Gasteiger partial charge in [-0.1, -0.05) is 194 Å². The van der Waals surface area contributed by atoms with Crippen molar-refractivity contribution in [2.24, 2.45) is 0 Å². The molecule has 1 heterocycles. The van der Waals surface area contributed by atoms with Crippen LogP contribution in [0.3, 0.4) is 0 Å². The average molecular weight is 766 g/mol. The maximum Gasteiger partial charge on any atom is 0.136 e. The predicted molar refractivity (Wildman–Crippen MR) is 253 cm³/mol. The van der Waals surface area contributed by atoms with Gasteiger partial charge >= 0.3 is 0 Å². The van der Waals surface area contributed by atoms with Crippen molar-refractivity contribution in [1.29, 1.82) is 0 Å². The molecule has 1 aromatic heterocycles. The van der Waals surface area contributed by atoms with Gasteiger partial charge in [-0.05, 0) is 103 Å². The van der Waals surface area contributed by atoms with E-state index in [1.807, 2.05) is 12.1 Å². The predicted octanol–water partition coefficient (Wildman–Crippen LogP) is 16.5. The Hall–Kier alpha value is -7.94. The first-order chi connectivity index (χ1) is 29.7. The number of hydrogen-bond donors (Lipinski definition) is 0. The minimum absolute atomic E-state index is 0.881. The Morgan fingerprint density at radius 2 is 0.783 bits per heavy atom. The molecule has 2 heteroatoms. The van der Waals surface area contributed by atoms with Gasteiger partial charge in [-0.15, -0.1) is 0 Å². The van der Waals surface area contributed by atoms with Crippen molar-refractivity contribution in [2.45, 2.75) is 0 Å². The van der Waals surface area contributed by atoms with E-state index in [1.54, 1.807) is 0 Å². The highest BCUT2D eigenvalue weighted by atomic mass is 16.3. The zero-order valence-electron chi connectivity index (χ0n) is 32.9. The number of para-hydroxylation sites is 2. The van der Waals surface area contributed by atoms with E-state index < -0.39 is 0 Å². The fourth-order valence-electron chi connectivity index (χ4n) is 8.76. The van der Waals surface area contributed by atoms with Crippen LogP contribution in [0.5, 0.6) is 0 Å². The van der Waals surface area contributed by atoms with Gasteiger partial charge in [-0.2, -0.15) is 0 Å². The quantitative estimate of drug-likeness (QED) is 0.153. The smallest absolute Gasteiger partial charge is 0.136 e. The first kappa shape index (κ1) is 35.2. The van der Waals surface area contributed by atoms with Crippen LogP contribution in [-0.2, 0) is 0 Å². The minimum atomic E-state index is 0.881. The van der Waals surface area contributed by atoms with E-state index >= 15 is 0 Å². The van der Waals surface area contributed by atoms with Crippen LogP contribution >= 0.6 is 0 Å². The van der Waals surface area contributed by atoms with E-state index in [4.69, 9.17) is 4.42 Å². The minimum Gasteiger partial charge on any atom is -0.456 e. The summed E-state index contributed by atoms with van der Waals surface area (Å²) in [6.45, 7) is 0. The molecule has 0 bridgehead atoms. The number of hydrogen-bond acceptors (Lipinski definition) is 2. The topological polar surface area (TPSA) is 16.4 Å². The van der Waals surface area contributed by atoms with Gasteiger partial charge in [-0.25, -0.2) is 0 Å². The van der Waals surface area contributed by atoms with Crippen molar-refractivity contribution in [3.8, 4) is 55.6 Å². The Morgan fingerprint density at radius 1 is 0.283 bits per heavy atom. The van der Waals surface area contributed by atoms with E-state index in [2.05, 4.69) is 229 Å². The summed E-state index contributed by atoms with van der Waals surface area (Å²) in [7, 11) is 0. The Morgan fingerprint density at radius 3 is 1.57 bits per heavy atom. The molecule has 0 aliphatic carbocycles. The highest BCUT2D eigenvalue weighted by Gasteiger charge is 2.21. The van der Waals surface area contributed by atoms with Gasteiger partial charge in [0.25, 0.3) is 0 Å². The molecule has 10 aromatic carbocycles. The molecule has 0 fully saturated rings. The third-order valence-electron chi connectivity index (χ3n) is 11.7. The van der Waals surface area contributed by atoms with Crippen LogP contribution < -0.4 is 4.90 Å². The Balaban J connectivity index is 1.02. The highest BCUT2D eigenvalue weighted by Crippen LogP contribution is 2.45. The third-order valence-corrected chi connectivity index (χ3v) is 11.7. The van der Waals surface area contributed by atoms with Crippen LogP contribution in [0.25, 0.3) is 88.3 Å². The van der Waals surface area contributed by atoms with Gasteiger partial charge in [0.2, 0.25) is 0 Å². The Bertz CT molecular complexity index is 3280. The lowest BCUT2D eigenvalue weighted by Gasteiger charge is -2.28. The van der Waals surface area contributed by atoms with Crippen LogP contribution in [0.15, 0.2) is 241 Å². The normalized spacial score (nSPS) is 11.3. The van der Waals surface area contributed by atoms with Crippen molar-refractivity contribution >= 4 is 49.8 Å². The summed E-state index contributed by atoms with van der Waals surface area (Å²) >= 11 is 0. The van der Waals surface area contributed by atoms with Gasteiger partial charge in [0.1, 0.15) is 11.2 Å². The number of rotatable bonds is 8. The number of nitrogens with zero attached hydrogens (tertiary/aromatic N) is 1. The van der Waals surface area contributed by atoms with Gasteiger partial charge < -0.3 is 9.32 Å². The number of fused-ring (bicyclic) bond motifs is 4. The molecule has 0 amide bonds. The molecule has 0 saturated carbocycles. The molecule has 11 aromatic rings. The van der Waals surface area contributed by atoms with E-state index in [-0.39, 0.29) is 0 Å². The number of furan rings is 1. The summed E-state index contributed by atoms with van der Waals surface area (Å²) in [5, 5.41) is 4.74. The molecule has 2 nitrogen and oxygen atoms in total. The van der Waals surface area contributed by atoms with Gasteiger partial charge in [0.15, 0.2) is 0 Å². The van der Waals surface area contributed by atoms with Crippen LogP contribution in [0.2, 0.25) is 0 Å². The van der Waals surface area contributed by atoms with E-state index in [1.165, 1.54) is 44.2 Å². The summed E-state index contributed by atoms with van der Waals surface area (Å²) in [6.07, 6.45) is 0. The first-order valence-electron chi connectivity index (χ1n) is 20.5. The van der Waals surface area contributed by atoms with Crippen LogP contribution in [0, 0.1) is 0 Å². The fraction of sp³-hybridized carbons (Fsp3) is 0. The maximum absolute atomic E-state index is 6.38. The summed E-state index contributed by atoms with van der Waals surface area (Å²) in [5.41, 5.74) is 16.8. The van der Waals surface area contributed by atoms with Gasteiger partial charge in [0.05, 0.1) is 5.69 Å². The molecular weight excluding hydrogens is 727 g/mol. The molecule has 0 unspecified atom stereocenters. The van der Waals surface area contributed by atoms with Crippen LogP contribution in [0.4, 0.5) is 17.1 Å². The number of benzene rings is 10. The van der Waals surface area contributed by atoms with E-state index in [0.29, 0.717) is 0 Å². The van der Waals surface area contributed by atoms with E-state index in [0.717, 1.165) is 61.3 Å². The van der Waals surface area contributed by atoms with Crippen molar-refractivity contribution < 1.29 is 4.42 Å². The first-order valence-corrected chi connectivity index (χ1v) is 20.5. The molecule has 0 spiro atoms. The molecular formula is C58H39NO. The monoisotopic (exact) mass is 765 g/mol. The lowest BCUT2D eigenvalue weighted by atomic mass is 9.95. The summed E-state index contributed by atoms with van der Waals surface area (Å²) in [5.74, 6) is 0. The molecule has 0 N–H and O–H groups in total. The van der Waals surface area contributed by atoms with E-state index in [9.17, 15) is 0 Å². The van der Waals surface area contributed by atoms with Crippen molar-refractivity contribution in [2.75, 3.05) is 4.90 Å². The van der Waals surface area contributed by atoms with Crippen molar-refractivity contribution in [3.05, 3.63) is 237 Å². The zero-order valence-corrected chi connectivity index (χ0v) is 32.9. The average Bonchev–Trinajstić information content (AvgIpc) is 3.72. The van der Waals surface area contributed by atoms with Crippen molar-refractivity contribution in [3.63, 3.8) is 0 Å². The Labute approximate surface area is 349 Å². The standard InChI is InChI=1S/C58H39NO/c1-2-13-40(14-3-1)41-27-29-42(30-28-41)43-35-37-48(38-36-43)59(55-24-8-6-20-52(55)53-23-12-26-57-58(53)54-21-7-9-25-56(54)60-57)49-18-10-17-47(39-49)44-31-33-46(34-32-44)51-22-11-16-45-15-4-5-19-50(45)51/h1-39H. The second-order valence-electron chi connectivity index (χ2n) is 15.3. The summed E-state index contributed by atoms with van der Waals surface area (Å²) in [6, 6.07) is 84.9. The van der Waals surface area contributed by atoms with Crippen LogP contribution in [-0.4, -0.2) is 0 Å². The molecule has 0 radical (unpaired) electrons. The lowest BCUT2D eigenvalue weighted by Crippen LogP contribution is -2.11. The fourth-order valence-corrected chi connectivity index (χ4v) is 8.76. The summed E-state index contributed by atoms with van der Waals surface area (Å²) < 4.78 is 6.38. The molecule has 0 aliphatic rings. The van der Waals surface area contributed by atoms with Gasteiger partial charge in [0, 0.05) is 27.7 Å². The molecule has 60 heavy (non-hydrogen) atoms. The summed E-state index contributed by atoms with van der Waals surface area (Å²) in [4.78, 5) is 2.40. The maximum atomic E-state index is 6.38. The second kappa shape index (κ2) is 15.1. The van der Waals surface area contributed by atoms with Gasteiger partial charge in [-0.3, -0.25) is 0 Å². The lowest BCUT2D eigenvalue weighted by molar-refractivity contribution is 0.669. The molecule has 0 atom stereocenters. The number of anilines is 3. The molecule has 282 valence electrons. The third kappa shape index (κ3) is 6.41. The second-order valence-corrected chi connectivity index (χ2v) is 15.3. The van der Waals surface area contributed by atoms with Crippen LogP contribution in [0.1, 0.15) is 0 Å². The Kier molecular flexibility index (Phi) is 8.87.